The van der Waals surface area contributed by atoms with Crippen LogP contribution in [0.1, 0.15) is 16.1 Å². The predicted octanol–water partition coefficient (Wildman–Crippen LogP) is 1.84. The number of hydrogen-bond acceptors (Lipinski definition) is 4. The number of pyridine rings is 1. The Morgan fingerprint density at radius 1 is 1.37 bits per heavy atom. The van der Waals surface area contributed by atoms with Gasteiger partial charge in [0, 0.05) is 23.5 Å². The first-order valence-electron chi connectivity index (χ1n) is 5.34. The number of furan rings is 1. The van der Waals surface area contributed by atoms with Crippen LogP contribution in [0, 0.1) is 6.92 Å². The maximum Gasteiger partial charge on any atom is 0.374 e. The van der Waals surface area contributed by atoms with Crippen LogP contribution in [-0.4, -0.2) is 22.1 Å². The fourth-order valence-corrected chi connectivity index (χ4v) is 1.72. The van der Waals surface area contributed by atoms with Gasteiger partial charge in [-0.15, -0.1) is 0 Å². The summed E-state index contributed by atoms with van der Waals surface area (Å²) in [5.41, 5.74) is 6.23. The van der Waals surface area contributed by atoms with E-state index >= 15 is 0 Å². The van der Waals surface area contributed by atoms with Crippen LogP contribution in [0.15, 0.2) is 28.9 Å². The highest BCUT2D eigenvalue weighted by Gasteiger charge is 2.23. The molecule has 2 aromatic heterocycles. The monoisotopic (exact) mass is 261 g/mol. The number of rotatable bonds is 3. The van der Waals surface area contributed by atoms with Crippen LogP contribution in [0.4, 0.5) is 10.5 Å². The van der Waals surface area contributed by atoms with Crippen molar-refractivity contribution >= 4 is 17.7 Å². The summed E-state index contributed by atoms with van der Waals surface area (Å²) < 4.78 is 5.30. The predicted molar refractivity (Wildman–Crippen MR) is 66.8 cm³/mol. The number of urea groups is 1. The molecule has 4 N–H and O–H groups in total. The van der Waals surface area contributed by atoms with Crippen molar-refractivity contribution < 1.29 is 19.1 Å². The molecule has 0 atom stereocenters. The first-order valence-corrected chi connectivity index (χ1v) is 5.34. The first-order chi connectivity index (χ1) is 9.00. The molecule has 0 spiro atoms. The number of nitrogens with two attached hydrogens (primary N) is 1. The van der Waals surface area contributed by atoms with Crippen molar-refractivity contribution in [1.82, 2.24) is 4.98 Å². The molecule has 0 saturated carbocycles. The molecule has 0 saturated heterocycles. The molecule has 2 aromatic rings. The summed E-state index contributed by atoms with van der Waals surface area (Å²) in [7, 11) is 0. The highest BCUT2D eigenvalue weighted by molar-refractivity contribution is 6.00. The normalized spacial score (nSPS) is 10.2. The number of primary amides is 1. The fraction of sp³-hybridized carbons (Fsp3) is 0.0833. The second kappa shape index (κ2) is 4.81. The molecule has 0 aliphatic heterocycles. The van der Waals surface area contributed by atoms with Crippen molar-refractivity contribution in [2.45, 2.75) is 6.92 Å². The summed E-state index contributed by atoms with van der Waals surface area (Å²) in [6.45, 7) is 1.64. The van der Waals surface area contributed by atoms with E-state index in [2.05, 4.69) is 10.3 Å². The van der Waals surface area contributed by atoms with Gasteiger partial charge in [0.1, 0.15) is 5.76 Å². The van der Waals surface area contributed by atoms with Gasteiger partial charge in [0.2, 0.25) is 5.76 Å². The number of nitrogens with zero attached hydrogens (tertiary/aromatic N) is 1. The minimum atomic E-state index is -1.29. The summed E-state index contributed by atoms with van der Waals surface area (Å²) in [5, 5.41) is 11.3. The van der Waals surface area contributed by atoms with Gasteiger partial charge in [-0.05, 0) is 19.1 Å². The number of carboxylic acids is 1. The molecule has 0 aliphatic rings. The van der Waals surface area contributed by atoms with E-state index in [-0.39, 0.29) is 11.4 Å². The maximum absolute atomic E-state index is 11.1. The lowest BCUT2D eigenvalue weighted by Crippen LogP contribution is -2.20. The smallest absolute Gasteiger partial charge is 0.374 e. The van der Waals surface area contributed by atoms with Crippen LogP contribution in [0.5, 0.6) is 0 Å². The van der Waals surface area contributed by atoms with Crippen molar-refractivity contribution in [1.29, 1.82) is 0 Å². The summed E-state index contributed by atoms with van der Waals surface area (Å²) in [5.74, 6) is -1.29. The third-order valence-corrected chi connectivity index (χ3v) is 2.53. The van der Waals surface area contributed by atoms with Crippen molar-refractivity contribution in [3.8, 4) is 11.3 Å². The molecule has 2 heterocycles. The molecule has 7 heteroatoms. The number of carbonyl (C=O) groups excluding carboxylic acids is 1. The summed E-state index contributed by atoms with van der Waals surface area (Å²) >= 11 is 0. The van der Waals surface area contributed by atoms with Crippen LogP contribution in [0.3, 0.4) is 0 Å². The van der Waals surface area contributed by atoms with Gasteiger partial charge in [-0.3, -0.25) is 4.98 Å². The van der Waals surface area contributed by atoms with E-state index in [1.165, 1.54) is 0 Å². The zero-order chi connectivity index (χ0) is 14.0. The van der Waals surface area contributed by atoms with E-state index in [1.54, 1.807) is 31.5 Å². The van der Waals surface area contributed by atoms with Gasteiger partial charge < -0.3 is 20.6 Å². The lowest BCUT2D eigenvalue weighted by atomic mass is 10.1. The Kier molecular flexibility index (Phi) is 3.19. The largest absolute Gasteiger partial charge is 0.475 e. The molecule has 0 radical (unpaired) electrons. The molecule has 98 valence electrons. The average Bonchev–Trinajstić information content (AvgIpc) is 2.68. The second-order valence-corrected chi connectivity index (χ2v) is 3.79. The molecule has 0 bridgehead atoms. The Balaban J connectivity index is 2.59. The third-order valence-electron chi connectivity index (χ3n) is 2.53. The summed E-state index contributed by atoms with van der Waals surface area (Å²) in [4.78, 5) is 25.9. The number of carboxylic acid groups (broad SMARTS) is 1. The van der Waals surface area contributed by atoms with Gasteiger partial charge in [0.05, 0.1) is 5.69 Å². The van der Waals surface area contributed by atoms with E-state index < -0.39 is 12.0 Å². The quantitative estimate of drug-likeness (QED) is 0.778. The molecule has 0 aromatic carbocycles. The molecular formula is C12H11N3O4. The Labute approximate surface area is 108 Å². The van der Waals surface area contributed by atoms with Gasteiger partial charge in [-0.1, -0.05) is 0 Å². The number of carbonyl (C=O) groups is 2. The highest BCUT2D eigenvalue weighted by Crippen LogP contribution is 2.34. The second-order valence-electron chi connectivity index (χ2n) is 3.79. The topological polar surface area (TPSA) is 118 Å². The zero-order valence-corrected chi connectivity index (χ0v) is 10.0. The molecule has 19 heavy (non-hydrogen) atoms. The van der Waals surface area contributed by atoms with Crippen LogP contribution in [0.2, 0.25) is 0 Å². The molecule has 0 unspecified atom stereocenters. The van der Waals surface area contributed by atoms with Crippen LogP contribution >= 0.6 is 0 Å². The van der Waals surface area contributed by atoms with Gasteiger partial charge in [-0.2, -0.15) is 0 Å². The van der Waals surface area contributed by atoms with E-state index in [9.17, 15) is 9.59 Å². The first kappa shape index (κ1) is 12.6. The molecule has 2 amide bonds. The Bertz CT molecular complexity index is 634. The molecule has 0 aliphatic carbocycles. The van der Waals surface area contributed by atoms with Crippen LogP contribution in [0.25, 0.3) is 11.3 Å². The van der Waals surface area contributed by atoms with Crippen LogP contribution < -0.4 is 11.1 Å². The van der Waals surface area contributed by atoms with Gasteiger partial charge >= 0.3 is 12.0 Å². The average molecular weight is 261 g/mol. The number of aromatic carboxylic acids is 1. The van der Waals surface area contributed by atoms with Gasteiger partial charge in [0.25, 0.3) is 0 Å². The standard InChI is InChI=1S/C12H11N3O4/c1-6-8(15-12(13)18)10(11(16)17)19-9(6)7-2-4-14-5-3-7/h2-5H,1H3,(H,16,17)(H3,13,15,18). The third kappa shape index (κ3) is 2.39. The van der Waals surface area contributed by atoms with Crippen molar-refractivity contribution in [3.63, 3.8) is 0 Å². The SMILES string of the molecule is Cc1c(-c2ccncc2)oc(C(=O)O)c1NC(N)=O. The minimum absolute atomic E-state index is 0.0619. The van der Waals surface area contributed by atoms with E-state index in [4.69, 9.17) is 15.3 Å². The Morgan fingerprint density at radius 2 is 2.00 bits per heavy atom. The fourth-order valence-electron chi connectivity index (χ4n) is 1.72. The number of amides is 2. The number of nitrogens with one attached hydrogen (secondary N) is 1. The number of hydrogen-bond donors (Lipinski definition) is 3. The Hall–Kier alpha value is -2.83. The molecule has 0 fully saturated rings. The molecular weight excluding hydrogens is 250 g/mol. The summed E-state index contributed by atoms with van der Waals surface area (Å²) in [6.07, 6.45) is 3.11. The van der Waals surface area contributed by atoms with E-state index in [0.29, 0.717) is 16.9 Å². The van der Waals surface area contributed by atoms with Gasteiger partial charge in [0.15, 0.2) is 0 Å². The molecule has 2 rings (SSSR count). The highest BCUT2D eigenvalue weighted by atomic mass is 16.4. The van der Waals surface area contributed by atoms with Crippen molar-refractivity contribution in [2.75, 3.05) is 5.32 Å². The number of aromatic nitrogens is 1. The Morgan fingerprint density at radius 3 is 2.53 bits per heavy atom. The van der Waals surface area contributed by atoms with Crippen molar-refractivity contribution in [2.24, 2.45) is 5.73 Å². The van der Waals surface area contributed by atoms with Gasteiger partial charge in [-0.25, -0.2) is 9.59 Å². The number of anilines is 1. The zero-order valence-electron chi connectivity index (χ0n) is 10.0. The molecule has 7 nitrogen and oxygen atoms in total. The minimum Gasteiger partial charge on any atom is -0.475 e. The van der Waals surface area contributed by atoms with E-state index in [0.717, 1.165) is 0 Å². The summed E-state index contributed by atoms with van der Waals surface area (Å²) in [6, 6.07) is 2.49. The van der Waals surface area contributed by atoms with E-state index in [1.807, 2.05) is 0 Å². The maximum atomic E-state index is 11.1. The van der Waals surface area contributed by atoms with Crippen molar-refractivity contribution in [3.05, 3.63) is 35.9 Å². The lowest BCUT2D eigenvalue weighted by molar-refractivity contribution is 0.0665. The lowest BCUT2D eigenvalue weighted by Gasteiger charge is -2.00. The van der Waals surface area contributed by atoms with Crippen LogP contribution in [-0.2, 0) is 0 Å².